The molecule has 2 nitrogen and oxygen atoms in total. The van der Waals surface area contributed by atoms with Gasteiger partial charge < -0.3 is 10.4 Å². The summed E-state index contributed by atoms with van der Waals surface area (Å²) < 4.78 is 0. The summed E-state index contributed by atoms with van der Waals surface area (Å²) in [6.45, 7) is 0. The zero-order chi connectivity index (χ0) is 13.5. The maximum Gasteiger partial charge on any atom is 0.115 e. The summed E-state index contributed by atoms with van der Waals surface area (Å²) in [4.78, 5) is 0. The van der Waals surface area contributed by atoms with Crippen LogP contribution in [0.1, 0.15) is 30.0 Å². The van der Waals surface area contributed by atoms with Crippen molar-refractivity contribution in [3.63, 3.8) is 0 Å². The quantitative estimate of drug-likeness (QED) is 0.825. The molecule has 100 valence electrons. The van der Waals surface area contributed by atoms with Crippen LogP contribution in [0.15, 0.2) is 54.6 Å². The molecule has 0 aliphatic carbocycles. The van der Waals surface area contributed by atoms with Crippen LogP contribution in [0.4, 0.5) is 0 Å². The molecular weight excluding hydrogens is 234 g/mol. The monoisotopic (exact) mass is 255 g/mol. The standard InChI is InChI=1S/C17H21NO/c1-18-17(15-9-3-2-4-10-15)12-6-8-14-7-5-11-16(19)13-14/h2-5,7,9-11,13,17-19H,6,8,12H2,1H3. The molecule has 0 aromatic heterocycles. The third-order valence-corrected chi connectivity index (χ3v) is 3.42. The van der Waals surface area contributed by atoms with Crippen LogP contribution in [-0.4, -0.2) is 12.2 Å². The van der Waals surface area contributed by atoms with Gasteiger partial charge in [-0.05, 0) is 49.6 Å². The van der Waals surface area contributed by atoms with E-state index in [0.717, 1.165) is 19.3 Å². The maximum absolute atomic E-state index is 9.43. The summed E-state index contributed by atoms with van der Waals surface area (Å²) in [5.74, 6) is 0.353. The van der Waals surface area contributed by atoms with Crippen molar-refractivity contribution >= 4 is 0 Å². The fourth-order valence-electron chi connectivity index (χ4n) is 2.39. The number of hydrogen-bond donors (Lipinski definition) is 2. The molecule has 2 heteroatoms. The minimum atomic E-state index is 0.353. The Labute approximate surface area is 115 Å². The van der Waals surface area contributed by atoms with Gasteiger partial charge in [0.2, 0.25) is 0 Å². The Kier molecular flexibility index (Phi) is 4.99. The van der Waals surface area contributed by atoms with Gasteiger partial charge in [0.05, 0.1) is 0 Å². The summed E-state index contributed by atoms with van der Waals surface area (Å²) in [7, 11) is 2.01. The van der Waals surface area contributed by atoms with Gasteiger partial charge in [-0.25, -0.2) is 0 Å². The number of aromatic hydroxyl groups is 1. The second-order valence-electron chi connectivity index (χ2n) is 4.81. The van der Waals surface area contributed by atoms with Crippen LogP contribution in [0.25, 0.3) is 0 Å². The SMILES string of the molecule is CNC(CCCc1cccc(O)c1)c1ccccc1. The molecule has 0 spiro atoms. The molecule has 1 atom stereocenters. The maximum atomic E-state index is 9.43. The molecule has 0 saturated carbocycles. The fourth-order valence-corrected chi connectivity index (χ4v) is 2.39. The summed E-state index contributed by atoms with van der Waals surface area (Å²) in [6, 6.07) is 18.4. The minimum absolute atomic E-state index is 0.353. The lowest BCUT2D eigenvalue weighted by Gasteiger charge is -2.16. The van der Waals surface area contributed by atoms with E-state index in [-0.39, 0.29) is 0 Å². The second kappa shape index (κ2) is 6.95. The number of phenolic OH excluding ortho intramolecular Hbond substituents is 1. The highest BCUT2D eigenvalue weighted by molar-refractivity contribution is 5.27. The lowest BCUT2D eigenvalue weighted by molar-refractivity contribution is 0.474. The smallest absolute Gasteiger partial charge is 0.115 e. The fraction of sp³-hybridized carbons (Fsp3) is 0.294. The Morgan fingerprint density at radius 2 is 1.84 bits per heavy atom. The molecule has 0 aliphatic rings. The van der Waals surface area contributed by atoms with E-state index in [1.165, 1.54) is 11.1 Å². The van der Waals surface area contributed by atoms with Crippen LogP contribution in [0.5, 0.6) is 5.75 Å². The highest BCUT2D eigenvalue weighted by Crippen LogP contribution is 2.20. The lowest BCUT2D eigenvalue weighted by Crippen LogP contribution is -2.16. The molecule has 0 fully saturated rings. The molecule has 0 saturated heterocycles. The highest BCUT2D eigenvalue weighted by atomic mass is 16.3. The first kappa shape index (κ1) is 13.6. The number of aryl methyl sites for hydroxylation is 1. The average Bonchev–Trinajstić information content (AvgIpc) is 2.45. The highest BCUT2D eigenvalue weighted by Gasteiger charge is 2.08. The molecule has 2 N–H and O–H groups in total. The molecule has 1 unspecified atom stereocenters. The largest absolute Gasteiger partial charge is 0.508 e. The predicted molar refractivity (Wildman–Crippen MR) is 79.3 cm³/mol. The first-order valence-corrected chi connectivity index (χ1v) is 6.79. The number of rotatable bonds is 6. The van der Waals surface area contributed by atoms with Gasteiger partial charge in [0, 0.05) is 6.04 Å². The molecule has 0 amide bonds. The van der Waals surface area contributed by atoms with Crippen molar-refractivity contribution in [2.24, 2.45) is 0 Å². The predicted octanol–water partition coefficient (Wildman–Crippen LogP) is 3.68. The van der Waals surface area contributed by atoms with E-state index in [1.54, 1.807) is 6.07 Å². The van der Waals surface area contributed by atoms with Crippen molar-refractivity contribution in [3.05, 3.63) is 65.7 Å². The van der Waals surface area contributed by atoms with E-state index in [2.05, 4.69) is 35.6 Å². The number of benzene rings is 2. The summed E-state index contributed by atoms with van der Waals surface area (Å²) >= 11 is 0. The lowest BCUT2D eigenvalue weighted by atomic mass is 9.99. The molecule has 0 bridgehead atoms. The molecule has 2 aromatic carbocycles. The number of nitrogens with one attached hydrogen (secondary N) is 1. The van der Waals surface area contributed by atoms with Gasteiger partial charge in [-0.1, -0.05) is 42.5 Å². The number of phenols is 1. The summed E-state index contributed by atoms with van der Waals surface area (Å²) in [5, 5.41) is 12.8. The van der Waals surface area contributed by atoms with Gasteiger partial charge in [0.1, 0.15) is 5.75 Å². The van der Waals surface area contributed by atoms with Crippen molar-refractivity contribution < 1.29 is 5.11 Å². The Morgan fingerprint density at radius 3 is 2.53 bits per heavy atom. The van der Waals surface area contributed by atoms with Gasteiger partial charge in [-0.2, -0.15) is 0 Å². The van der Waals surface area contributed by atoms with Crippen LogP contribution in [-0.2, 0) is 6.42 Å². The van der Waals surface area contributed by atoms with E-state index < -0.39 is 0 Å². The zero-order valence-corrected chi connectivity index (χ0v) is 11.3. The van der Waals surface area contributed by atoms with Gasteiger partial charge in [-0.3, -0.25) is 0 Å². The Balaban J connectivity index is 1.87. The van der Waals surface area contributed by atoms with E-state index in [0.29, 0.717) is 11.8 Å². The van der Waals surface area contributed by atoms with Gasteiger partial charge in [-0.15, -0.1) is 0 Å². The van der Waals surface area contributed by atoms with Crippen LogP contribution in [0, 0.1) is 0 Å². The van der Waals surface area contributed by atoms with Crippen molar-refractivity contribution in [1.82, 2.24) is 5.32 Å². The molecule has 19 heavy (non-hydrogen) atoms. The number of hydrogen-bond acceptors (Lipinski definition) is 2. The molecular formula is C17H21NO. The first-order valence-electron chi connectivity index (χ1n) is 6.79. The topological polar surface area (TPSA) is 32.3 Å². The summed E-state index contributed by atoms with van der Waals surface area (Å²) in [5.41, 5.74) is 2.53. The third-order valence-electron chi connectivity index (χ3n) is 3.42. The molecule has 2 aromatic rings. The van der Waals surface area contributed by atoms with Crippen molar-refractivity contribution in [1.29, 1.82) is 0 Å². The average molecular weight is 255 g/mol. The van der Waals surface area contributed by atoms with Crippen LogP contribution >= 0.6 is 0 Å². The minimum Gasteiger partial charge on any atom is -0.508 e. The van der Waals surface area contributed by atoms with Crippen LogP contribution < -0.4 is 5.32 Å². The van der Waals surface area contributed by atoms with E-state index >= 15 is 0 Å². The van der Waals surface area contributed by atoms with Gasteiger partial charge >= 0.3 is 0 Å². The van der Waals surface area contributed by atoms with E-state index in [1.807, 2.05) is 25.2 Å². The van der Waals surface area contributed by atoms with Crippen molar-refractivity contribution in [2.45, 2.75) is 25.3 Å². The molecule has 0 aliphatic heterocycles. The normalized spacial score (nSPS) is 12.3. The van der Waals surface area contributed by atoms with E-state index in [4.69, 9.17) is 0 Å². The van der Waals surface area contributed by atoms with E-state index in [9.17, 15) is 5.11 Å². The first-order chi connectivity index (χ1) is 9.29. The third kappa shape index (κ3) is 4.11. The summed E-state index contributed by atoms with van der Waals surface area (Å²) in [6.07, 6.45) is 3.19. The Hall–Kier alpha value is -1.80. The Morgan fingerprint density at radius 1 is 1.05 bits per heavy atom. The molecule has 0 heterocycles. The van der Waals surface area contributed by atoms with Crippen LogP contribution in [0.2, 0.25) is 0 Å². The zero-order valence-electron chi connectivity index (χ0n) is 11.3. The molecule has 2 rings (SSSR count). The van der Waals surface area contributed by atoms with Gasteiger partial charge in [0.15, 0.2) is 0 Å². The Bertz CT molecular complexity index is 496. The van der Waals surface area contributed by atoms with Crippen molar-refractivity contribution in [3.8, 4) is 5.75 Å². The molecule has 0 radical (unpaired) electrons. The van der Waals surface area contributed by atoms with Gasteiger partial charge in [0.25, 0.3) is 0 Å². The van der Waals surface area contributed by atoms with Crippen LogP contribution in [0.3, 0.4) is 0 Å². The second-order valence-corrected chi connectivity index (χ2v) is 4.81. The van der Waals surface area contributed by atoms with Crippen molar-refractivity contribution in [2.75, 3.05) is 7.05 Å².